The lowest BCUT2D eigenvalue weighted by molar-refractivity contribution is -0.122. The Morgan fingerprint density at radius 3 is 2.26 bits per heavy atom. The van der Waals surface area contributed by atoms with Crippen LogP contribution >= 0.6 is 0 Å². The van der Waals surface area contributed by atoms with E-state index in [1.807, 2.05) is 6.92 Å². The molecule has 3 N–H and O–H groups in total. The van der Waals surface area contributed by atoms with Gasteiger partial charge < -0.3 is 11.1 Å². The van der Waals surface area contributed by atoms with E-state index in [2.05, 4.69) is 24.1 Å². The molecule has 4 heteroatoms. The molecule has 0 aliphatic carbocycles. The number of amides is 1. The van der Waals surface area contributed by atoms with Crippen LogP contribution in [0.2, 0.25) is 0 Å². The molecule has 1 amide bonds. The summed E-state index contributed by atoms with van der Waals surface area (Å²) < 4.78 is 0. The van der Waals surface area contributed by atoms with Gasteiger partial charge in [0.2, 0.25) is 5.91 Å². The van der Waals surface area contributed by atoms with Crippen LogP contribution in [0.4, 0.5) is 0 Å². The monoisotopic (exact) mass is 269 g/mol. The van der Waals surface area contributed by atoms with Crippen molar-refractivity contribution in [2.75, 3.05) is 26.2 Å². The van der Waals surface area contributed by atoms with Gasteiger partial charge in [-0.2, -0.15) is 0 Å². The zero-order valence-corrected chi connectivity index (χ0v) is 12.9. The van der Waals surface area contributed by atoms with Gasteiger partial charge in [-0.15, -0.1) is 0 Å². The van der Waals surface area contributed by atoms with E-state index in [1.165, 1.54) is 25.7 Å². The highest BCUT2D eigenvalue weighted by atomic mass is 16.1. The fraction of sp³-hybridized carbons (Fsp3) is 0.933. The molecule has 1 atom stereocenters. The molecular formula is C15H31N3O. The van der Waals surface area contributed by atoms with E-state index in [0.717, 1.165) is 13.1 Å². The maximum Gasteiger partial charge on any atom is 0.221 e. The third kappa shape index (κ3) is 4.46. The average Bonchev–Trinajstić information content (AvgIpc) is 2.45. The molecule has 19 heavy (non-hydrogen) atoms. The van der Waals surface area contributed by atoms with E-state index in [0.29, 0.717) is 24.9 Å². The normalized spacial score (nSPS) is 21.1. The maximum atomic E-state index is 11.7. The Morgan fingerprint density at radius 2 is 1.84 bits per heavy atom. The van der Waals surface area contributed by atoms with Crippen molar-refractivity contribution in [3.63, 3.8) is 0 Å². The largest absolute Gasteiger partial charge is 0.356 e. The minimum Gasteiger partial charge on any atom is -0.356 e. The topological polar surface area (TPSA) is 58.4 Å². The van der Waals surface area contributed by atoms with Gasteiger partial charge in [-0.3, -0.25) is 9.69 Å². The Hall–Kier alpha value is -0.610. The van der Waals surface area contributed by atoms with Crippen LogP contribution in [0, 0.1) is 5.41 Å². The van der Waals surface area contributed by atoms with Crippen molar-refractivity contribution in [1.29, 1.82) is 0 Å². The van der Waals surface area contributed by atoms with Gasteiger partial charge in [0.1, 0.15) is 0 Å². The van der Waals surface area contributed by atoms with Crippen LogP contribution < -0.4 is 11.1 Å². The maximum absolute atomic E-state index is 11.7. The smallest absolute Gasteiger partial charge is 0.221 e. The summed E-state index contributed by atoms with van der Waals surface area (Å²) in [5.74, 6) is 0.126. The summed E-state index contributed by atoms with van der Waals surface area (Å²) >= 11 is 0. The number of hydrogen-bond acceptors (Lipinski definition) is 3. The fourth-order valence-electron chi connectivity index (χ4n) is 3.17. The zero-order valence-electron chi connectivity index (χ0n) is 12.9. The summed E-state index contributed by atoms with van der Waals surface area (Å²) in [7, 11) is 0. The number of nitrogens with two attached hydrogens (primary N) is 1. The Morgan fingerprint density at radius 1 is 1.26 bits per heavy atom. The Kier molecular flexibility index (Phi) is 6.80. The van der Waals surface area contributed by atoms with Crippen molar-refractivity contribution < 1.29 is 4.79 Å². The first-order chi connectivity index (χ1) is 9.10. The van der Waals surface area contributed by atoms with Crippen LogP contribution in [0.1, 0.15) is 52.9 Å². The van der Waals surface area contributed by atoms with Gasteiger partial charge in [0.15, 0.2) is 0 Å². The van der Waals surface area contributed by atoms with Crippen molar-refractivity contribution in [1.82, 2.24) is 10.2 Å². The minimum absolute atomic E-state index is 0.126. The van der Waals surface area contributed by atoms with E-state index in [1.54, 1.807) is 0 Å². The van der Waals surface area contributed by atoms with Gasteiger partial charge in [0.25, 0.3) is 0 Å². The van der Waals surface area contributed by atoms with Gasteiger partial charge in [0, 0.05) is 25.6 Å². The number of likely N-dealkylation sites (tertiary alicyclic amines) is 1. The molecule has 1 saturated heterocycles. The molecule has 0 aromatic heterocycles. The summed E-state index contributed by atoms with van der Waals surface area (Å²) in [5, 5.41) is 2.87. The second-order valence-corrected chi connectivity index (χ2v) is 5.79. The molecule has 1 rings (SSSR count). The standard InChI is InChI=1S/C15H31N3O/c1-4-15(5-2)7-9-18(10-8-15)13(12-16)11-14(19)17-6-3/h13H,4-12,16H2,1-3H3,(H,17,19). The van der Waals surface area contributed by atoms with E-state index >= 15 is 0 Å². The van der Waals surface area contributed by atoms with E-state index in [-0.39, 0.29) is 11.9 Å². The van der Waals surface area contributed by atoms with Gasteiger partial charge in [-0.25, -0.2) is 0 Å². The summed E-state index contributed by atoms with van der Waals surface area (Å²) in [6.07, 6.45) is 5.55. The number of piperidine rings is 1. The number of nitrogens with zero attached hydrogens (tertiary/aromatic N) is 1. The van der Waals surface area contributed by atoms with Crippen LogP contribution in [0.15, 0.2) is 0 Å². The molecule has 4 nitrogen and oxygen atoms in total. The fourth-order valence-corrected chi connectivity index (χ4v) is 3.17. The molecule has 1 aliphatic heterocycles. The Bertz CT molecular complexity index is 267. The lowest BCUT2D eigenvalue weighted by Gasteiger charge is -2.43. The minimum atomic E-state index is 0.126. The average molecular weight is 269 g/mol. The first-order valence-corrected chi connectivity index (χ1v) is 7.81. The molecule has 1 heterocycles. The van der Waals surface area contributed by atoms with Crippen molar-refractivity contribution in [2.45, 2.75) is 58.9 Å². The molecular weight excluding hydrogens is 238 g/mol. The molecule has 0 bridgehead atoms. The molecule has 0 saturated carbocycles. The second-order valence-electron chi connectivity index (χ2n) is 5.79. The van der Waals surface area contributed by atoms with Crippen LogP contribution in [0.25, 0.3) is 0 Å². The van der Waals surface area contributed by atoms with Gasteiger partial charge in [-0.1, -0.05) is 26.7 Å². The number of carbonyl (C=O) groups is 1. The van der Waals surface area contributed by atoms with Crippen LogP contribution in [-0.4, -0.2) is 43.0 Å². The van der Waals surface area contributed by atoms with E-state index in [4.69, 9.17) is 5.73 Å². The first kappa shape index (κ1) is 16.4. The SMILES string of the molecule is CCNC(=O)CC(CN)N1CCC(CC)(CC)CC1. The third-order valence-corrected chi connectivity index (χ3v) is 4.94. The quantitative estimate of drug-likeness (QED) is 0.740. The molecule has 0 aromatic rings. The van der Waals surface area contributed by atoms with Crippen molar-refractivity contribution in [2.24, 2.45) is 11.1 Å². The van der Waals surface area contributed by atoms with E-state index in [9.17, 15) is 4.79 Å². The molecule has 0 spiro atoms. The lowest BCUT2D eigenvalue weighted by Crippen LogP contribution is -2.49. The zero-order chi connectivity index (χ0) is 14.3. The molecule has 0 aromatic carbocycles. The highest BCUT2D eigenvalue weighted by Gasteiger charge is 2.33. The number of carbonyl (C=O) groups excluding carboxylic acids is 1. The summed E-state index contributed by atoms with van der Waals surface area (Å²) in [6, 6.07) is 0.207. The van der Waals surface area contributed by atoms with E-state index < -0.39 is 0 Å². The third-order valence-electron chi connectivity index (χ3n) is 4.94. The van der Waals surface area contributed by atoms with Gasteiger partial charge in [-0.05, 0) is 38.3 Å². The Balaban J connectivity index is 2.49. The number of rotatable bonds is 7. The first-order valence-electron chi connectivity index (χ1n) is 7.81. The Labute approximate surface area is 118 Å². The number of nitrogens with one attached hydrogen (secondary N) is 1. The summed E-state index contributed by atoms with van der Waals surface area (Å²) in [5.41, 5.74) is 6.39. The lowest BCUT2D eigenvalue weighted by atomic mass is 9.74. The van der Waals surface area contributed by atoms with Gasteiger partial charge in [0.05, 0.1) is 0 Å². The molecule has 112 valence electrons. The van der Waals surface area contributed by atoms with Crippen LogP contribution in [0.3, 0.4) is 0 Å². The van der Waals surface area contributed by atoms with Gasteiger partial charge >= 0.3 is 0 Å². The predicted molar refractivity (Wildman–Crippen MR) is 80.0 cm³/mol. The number of hydrogen-bond donors (Lipinski definition) is 2. The van der Waals surface area contributed by atoms with Crippen LogP contribution in [0.5, 0.6) is 0 Å². The van der Waals surface area contributed by atoms with Crippen LogP contribution in [-0.2, 0) is 4.79 Å². The summed E-state index contributed by atoms with van der Waals surface area (Å²) in [6.45, 7) is 9.99. The highest BCUT2D eigenvalue weighted by Crippen LogP contribution is 2.38. The van der Waals surface area contributed by atoms with Crippen molar-refractivity contribution in [3.05, 3.63) is 0 Å². The van der Waals surface area contributed by atoms with Crippen molar-refractivity contribution in [3.8, 4) is 0 Å². The molecule has 1 aliphatic rings. The molecule has 1 unspecified atom stereocenters. The highest BCUT2D eigenvalue weighted by molar-refractivity contribution is 5.76. The molecule has 1 fully saturated rings. The predicted octanol–water partition coefficient (Wildman–Crippen LogP) is 1.74. The second kappa shape index (κ2) is 7.85. The molecule has 0 radical (unpaired) electrons. The van der Waals surface area contributed by atoms with Crippen molar-refractivity contribution >= 4 is 5.91 Å². The summed E-state index contributed by atoms with van der Waals surface area (Å²) in [4.78, 5) is 14.1.